The quantitative estimate of drug-likeness (QED) is 0.415. The van der Waals surface area contributed by atoms with Crippen molar-refractivity contribution in [3.8, 4) is 0 Å². The first-order chi connectivity index (χ1) is 16.4. The number of rotatable bonds is 8. The van der Waals surface area contributed by atoms with Crippen LogP contribution in [0.1, 0.15) is 33.3 Å². The van der Waals surface area contributed by atoms with Crippen LogP contribution in [0.3, 0.4) is 0 Å². The number of para-hydroxylation sites is 1. The van der Waals surface area contributed by atoms with Gasteiger partial charge in [-0.05, 0) is 39.8 Å². The number of amides is 1. The van der Waals surface area contributed by atoms with Crippen molar-refractivity contribution < 1.29 is 46.6 Å². The highest BCUT2D eigenvalue weighted by molar-refractivity contribution is 6.06. The van der Waals surface area contributed by atoms with Gasteiger partial charge in [0.25, 0.3) is 5.91 Å². The Morgan fingerprint density at radius 1 is 0.914 bits per heavy atom. The van der Waals surface area contributed by atoms with E-state index in [1.54, 1.807) is 13.8 Å². The molecule has 0 atom stereocenters. The predicted octanol–water partition coefficient (Wildman–Crippen LogP) is 3.08. The summed E-state index contributed by atoms with van der Waals surface area (Å²) in [5.74, 6) is -5.57. The van der Waals surface area contributed by atoms with Crippen LogP contribution in [0.5, 0.6) is 0 Å². The highest BCUT2D eigenvalue weighted by Gasteiger charge is 2.42. The molecule has 2 N–H and O–H groups in total. The lowest BCUT2D eigenvalue weighted by Gasteiger charge is -2.28. The zero-order chi connectivity index (χ0) is 26.3. The van der Waals surface area contributed by atoms with Gasteiger partial charge in [0.15, 0.2) is 6.61 Å². The third-order valence-corrected chi connectivity index (χ3v) is 4.84. The van der Waals surface area contributed by atoms with Crippen molar-refractivity contribution in [1.82, 2.24) is 5.32 Å². The minimum atomic E-state index is -4.72. The zero-order valence-electron chi connectivity index (χ0n) is 19.5. The molecule has 0 aromatic heterocycles. The van der Waals surface area contributed by atoms with Crippen molar-refractivity contribution in [2.45, 2.75) is 33.9 Å². The first kappa shape index (κ1) is 27.4. The molecule has 0 aliphatic carbocycles. The number of nitrogens with one attached hydrogen (secondary N) is 2. The van der Waals surface area contributed by atoms with E-state index in [4.69, 9.17) is 14.2 Å². The van der Waals surface area contributed by atoms with Crippen molar-refractivity contribution in [1.29, 1.82) is 0 Å². The van der Waals surface area contributed by atoms with E-state index >= 15 is 0 Å². The number of carbonyl (C=O) groups excluding carboxylic acids is 4. The Morgan fingerprint density at radius 2 is 1.43 bits per heavy atom. The second-order valence-electron chi connectivity index (χ2n) is 7.28. The number of hydrogen-bond acceptors (Lipinski definition) is 8. The van der Waals surface area contributed by atoms with E-state index in [0.29, 0.717) is 0 Å². The summed E-state index contributed by atoms with van der Waals surface area (Å²) in [6.45, 7) is 5.06. The molecule has 1 aromatic rings. The number of anilines is 1. The van der Waals surface area contributed by atoms with E-state index in [-0.39, 0.29) is 35.8 Å². The molecule has 0 fully saturated rings. The second-order valence-corrected chi connectivity index (χ2v) is 7.28. The van der Waals surface area contributed by atoms with Crippen molar-refractivity contribution in [2.75, 3.05) is 25.1 Å². The van der Waals surface area contributed by atoms with Crippen LogP contribution >= 0.6 is 0 Å². The minimum absolute atomic E-state index is 0.0180. The number of dihydropyridines is 1. The molecule has 12 heteroatoms. The van der Waals surface area contributed by atoms with Crippen LogP contribution in [0.2, 0.25) is 0 Å². The molecule has 2 rings (SSSR count). The number of hydrogen-bond donors (Lipinski definition) is 2. The number of benzene rings is 1. The number of halogens is 3. The molecule has 1 amide bonds. The fraction of sp³-hybridized carbons (Fsp3) is 0.391. The molecule has 1 aliphatic heterocycles. The van der Waals surface area contributed by atoms with Crippen LogP contribution in [0.15, 0.2) is 46.8 Å². The molecule has 190 valence electrons. The number of carbonyl (C=O) groups is 4. The maximum atomic E-state index is 13.2. The van der Waals surface area contributed by atoms with E-state index in [9.17, 15) is 32.3 Å². The first-order valence-electron chi connectivity index (χ1n) is 10.6. The van der Waals surface area contributed by atoms with Gasteiger partial charge < -0.3 is 24.8 Å². The molecular formula is C23H25F3N2O7. The van der Waals surface area contributed by atoms with Crippen LogP contribution in [0, 0.1) is 5.92 Å². The summed E-state index contributed by atoms with van der Waals surface area (Å²) in [5.41, 5.74) is -1.58. The van der Waals surface area contributed by atoms with Gasteiger partial charge >= 0.3 is 24.1 Å². The predicted molar refractivity (Wildman–Crippen MR) is 116 cm³/mol. The largest absolute Gasteiger partial charge is 0.463 e. The molecule has 9 nitrogen and oxygen atoms in total. The van der Waals surface area contributed by atoms with Crippen molar-refractivity contribution in [3.63, 3.8) is 0 Å². The Labute approximate surface area is 199 Å². The molecule has 0 spiro atoms. The average Bonchev–Trinajstić information content (AvgIpc) is 2.76. The lowest BCUT2D eigenvalue weighted by Crippen LogP contribution is -2.39. The lowest BCUT2D eigenvalue weighted by molar-refractivity contribution is -0.153. The molecule has 0 radical (unpaired) electrons. The molecule has 35 heavy (non-hydrogen) atoms. The van der Waals surface area contributed by atoms with Crippen LogP contribution in [0.4, 0.5) is 18.9 Å². The maximum Gasteiger partial charge on any atom is 0.418 e. The van der Waals surface area contributed by atoms with E-state index in [2.05, 4.69) is 5.32 Å². The summed E-state index contributed by atoms with van der Waals surface area (Å²) in [5, 5.41) is 4.87. The van der Waals surface area contributed by atoms with Gasteiger partial charge in [0.2, 0.25) is 0 Å². The molecule has 1 aromatic carbocycles. The number of alkyl halides is 3. The van der Waals surface area contributed by atoms with E-state index in [0.717, 1.165) is 18.2 Å². The Hall–Kier alpha value is -3.83. The first-order valence-corrected chi connectivity index (χ1v) is 10.6. The Kier molecular flexibility index (Phi) is 9.04. The zero-order valence-corrected chi connectivity index (χ0v) is 19.5. The number of esters is 3. The van der Waals surface area contributed by atoms with Gasteiger partial charge in [-0.3, -0.25) is 9.59 Å². The molecule has 1 heterocycles. The second kappa shape index (κ2) is 11.5. The van der Waals surface area contributed by atoms with E-state index in [1.165, 1.54) is 19.9 Å². The van der Waals surface area contributed by atoms with E-state index in [1.807, 2.05) is 5.32 Å². The van der Waals surface area contributed by atoms with Crippen LogP contribution in [-0.2, 0) is 39.6 Å². The van der Waals surface area contributed by atoms with Gasteiger partial charge in [0.1, 0.15) is 5.92 Å². The molecular weight excluding hydrogens is 473 g/mol. The topological polar surface area (TPSA) is 120 Å². The van der Waals surface area contributed by atoms with Crippen molar-refractivity contribution in [2.24, 2.45) is 5.92 Å². The van der Waals surface area contributed by atoms with Gasteiger partial charge in [-0.25, -0.2) is 9.59 Å². The van der Waals surface area contributed by atoms with Gasteiger partial charge in [-0.15, -0.1) is 0 Å². The smallest absolute Gasteiger partial charge is 0.418 e. The summed E-state index contributed by atoms with van der Waals surface area (Å²) >= 11 is 0. The Morgan fingerprint density at radius 3 is 1.91 bits per heavy atom. The van der Waals surface area contributed by atoms with Gasteiger partial charge in [-0.2, -0.15) is 13.2 Å². The van der Waals surface area contributed by atoms with Crippen LogP contribution < -0.4 is 10.6 Å². The molecule has 0 bridgehead atoms. The number of ether oxygens (including phenoxy) is 3. The third kappa shape index (κ3) is 6.61. The molecule has 0 unspecified atom stereocenters. The minimum Gasteiger partial charge on any atom is -0.463 e. The third-order valence-electron chi connectivity index (χ3n) is 4.84. The Bertz CT molecular complexity index is 1040. The lowest BCUT2D eigenvalue weighted by atomic mass is 9.85. The monoisotopic (exact) mass is 498 g/mol. The van der Waals surface area contributed by atoms with Gasteiger partial charge in [-0.1, -0.05) is 12.1 Å². The highest BCUT2D eigenvalue weighted by Crippen LogP contribution is 2.35. The average molecular weight is 498 g/mol. The summed E-state index contributed by atoms with van der Waals surface area (Å²) in [6.07, 6.45) is -4.72. The highest BCUT2D eigenvalue weighted by atomic mass is 19.4. The van der Waals surface area contributed by atoms with Crippen LogP contribution in [-0.4, -0.2) is 43.6 Å². The molecule has 0 saturated heterocycles. The van der Waals surface area contributed by atoms with Crippen LogP contribution in [0.25, 0.3) is 0 Å². The molecule has 0 saturated carbocycles. The fourth-order valence-electron chi connectivity index (χ4n) is 3.43. The standard InChI is InChI=1S/C23H25F3N2O7/c1-5-33-20(30)17-12(3)27-13(4)18(21(31)34-6-2)19(17)22(32)35-11-16(29)28-15-10-8-7-9-14(15)23(24,25)26/h7-10,19,27H,5-6,11H2,1-4H3,(H,28,29). The normalized spacial score (nSPS) is 14.3. The van der Waals surface area contributed by atoms with Gasteiger partial charge in [0.05, 0.1) is 35.6 Å². The Balaban J connectivity index is 2.29. The maximum absolute atomic E-state index is 13.2. The fourth-order valence-corrected chi connectivity index (χ4v) is 3.43. The van der Waals surface area contributed by atoms with Gasteiger partial charge in [0, 0.05) is 11.4 Å². The molecule has 1 aliphatic rings. The summed E-state index contributed by atoms with van der Waals surface area (Å²) in [7, 11) is 0. The van der Waals surface area contributed by atoms with Crippen molar-refractivity contribution in [3.05, 3.63) is 52.4 Å². The van der Waals surface area contributed by atoms with E-state index < -0.39 is 53.8 Å². The summed E-state index contributed by atoms with van der Waals surface area (Å²) in [6, 6.07) is 4.29. The SMILES string of the molecule is CCOC(=O)C1=C(C)NC(C)=C(C(=O)OCC)C1C(=O)OCC(=O)Nc1ccccc1C(F)(F)F. The van der Waals surface area contributed by atoms with Crippen molar-refractivity contribution >= 4 is 29.5 Å². The summed E-state index contributed by atoms with van der Waals surface area (Å²) in [4.78, 5) is 50.4. The number of allylic oxidation sites excluding steroid dienone is 2. The summed E-state index contributed by atoms with van der Waals surface area (Å²) < 4.78 is 54.5.